The molecule has 1 heterocycles. The van der Waals surface area contributed by atoms with Crippen LogP contribution in [-0.2, 0) is 19.4 Å². The van der Waals surface area contributed by atoms with Gasteiger partial charge < -0.3 is 15.4 Å². The molecule has 0 atom stereocenters. The van der Waals surface area contributed by atoms with Gasteiger partial charge in [0.15, 0.2) is 0 Å². The Morgan fingerprint density at radius 2 is 2.09 bits per heavy atom. The fraction of sp³-hybridized carbons (Fsp3) is 0.294. The van der Waals surface area contributed by atoms with Crippen molar-refractivity contribution in [2.75, 3.05) is 12.4 Å². The highest BCUT2D eigenvalue weighted by Crippen LogP contribution is 2.22. The summed E-state index contributed by atoms with van der Waals surface area (Å²) in [6.45, 7) is 0.466. The summed E-state index contributed by atoms with van der Waals surface area (Å²) in [5, 5.41) is 5.66. The second-order valence-electron chi connectivity index (χ2n) is 5.34. The van der Waals surface area contributed by atoms with Gasteiger partial charge in [-0.25, -0.2) is 4.79 Å². The number of nitrogens with one attached hydrogen (secondary N) is 2. The topological polar surface area (TPSA) is 63.2 Å². The first-order valence-electron chi connectivity index (χ1n) is 7.40. The second kappa shape index (κ2) is 6.47. The lowest BCUT2D eigenvalue weighted by molar-refractivity contribution is 0.251. The molecule has 2 amide bonds. The van der Waals surface area contributed by atoms with Gasteiger partial charge in [0.1, 0.15) is 5.75 Å². The molecule has 0 fully saturated rings. The highest BCUT2D eigenvalue weighted by molar-refractivity contribution is 5.89. The summed E-state index contributed by atoms with van der Waals surface area (Å²) >= 11 is 0. The Morgan fingerprint density at radius 3 is 2.86 bits per heavy atom. The maximum absolute atomic E-state index is 11.9. The number of urea groups is 1. The molecule has 114 valence electrons. The van der Waals surface area contributed by atoms with E-state index >= 15 is 0 Å². The van der Waals surface area contributed by atoms with Crippen LogP contribution in [0.3, 0.4) is 0 Å². The van der Waals surface area contributed by atoms with E-state index in [1.54, 1.807) is 13.3 Å². The van der Waals surface area contributed by atoms with Crippen molar-refractivity contribution in [3.8, 4) is 5.75 Å². The molecule has 0 saturated heterocycles. The highest BCUT2D eigenvalue weighted by atomic mass is 16.5. The molecule has 22 heavy (non-hydrogen) atoms. The first-order chi connectivity index (χ1) is 10.7. The Hall–Kier alpha value is -2.56. The Labute approximate surface area is 129 Å². The van der Waals surface area contributed by atoms with Gasteiger partial charge in [0, 0.05) is 12.2 Å². The fourth-order valence-corrected chi connectivity index (χ4v) is 2.60. The van der Waals surface area contributed by atoms with Gasteiger partial charge in [-0.15, -0.1) is 0 Å². The van der Waals surface area contributed by atoms with E-state index in [-0.39, 0.29) is 6.03 Å². The van der Waals surface area contributed by atoms with Crippen LogP contribution in [0.4, 0.5) is 10.5 Å². The Balaban J connectivity index is 1.53. The number of nitrogens with zero attached hydrogens (tertiary/aromatic N) is 1. The molecule has 3 rings (SSSR count). The SMILES string of the molecule is COc1ccc(CNC(=O)Nc2cnc3c(c2)CCC3)cc1. The minimum absolute atomic E-state index is 0.226. The molecule has 1 aliphatic rings. The lowest BCUT2D eigenvalue weighted by atomic mass is 10.2. The van der Waals surface area contributed by atoms with Gasteiger partial charge in [0.05, 0.1) is 19.0 Å². The Kier molecular flexibility index (Phi) is 4.23. The zero-order valence-corrected chi connectivity index (χ0v) is 12.6. The summed E-state index contributed by atoms with van der Waals surface area (Å²) < 4.78 is 5.10. The molecule has 5 heteroatoms. The van der Waals surface area contributed by atoms with Gasteiger partial charge in [0.25, 0.3) is 0 Å². The number of anilines is 1. The van der Waals surface area contributed by atoms with E-state index in [2.05, 4.69) is 15.6 Å². The molecule has 5 nitrogen and oxygen atoms in total. The molecule has 2 N–H and O–H groups in total. The lowest BCUT2D eigenvalue weighted by Gasteiger charge is -2.09. The molecule has 2 aromatic rings. The molecule has 1 aromatic carbocycles. The molecule has 1 aromatic heterocycles. The maximum atomic E-state index is 11.9. The van der Waals surface area contributed by atoms with Gasteiger partial charge >= 0.3 is 6.03 Å². The summed E-state index contributed by atoms with van der Waals surface area (Å²) in [6.07, 6.45) is 4.96. The lowest BCUT2D eigenvalue weighted by Crippen LogP contribution is -2.28. The summed E-state index contributed by atoms with van der Waals surface area (Å²) in [5.41, 5.74) is 4.16. The molecule has 0 saturated carbocycles. The number of aryl methyl sites for hydroxylation is 2. The predicted molar refractivity (Wildman–Crippen MR) is 85.1 cm³/mol. The monoisotopic (exact) mass is 297 g/mol. The van der Waals surface area contributed by atoms with E-state index in [1.807, 2.05) is 30.3 Å². The van der Waals surface area contributed by atoms with Gasteiger partial charge in [0.2, 0.25) is 0 Å². The summed E-state index contributed by atoms with van der Waals surface area (Å²) in [6, 6.07) is 9.39. The van der Waals surface area contributed by atoms with Crippen LogP contribution in [0.2, 0.25) is 0 Å². The first kappa shape index (κ1) is 14.4. The first-order valence-corrected chi connectivity index (χ1v) is 7.40. The van der Waals surface area contributed by atoms with E-state index < -0.39 is 0 Å². The zero-order chi connectivity index (χ0) is 15.4. The molecular formula is C17H19N3O2. The molecule has 0 spiro atoms. The van der Waals surface area contributed by atoms with Crippen LogP contribution in [0.15, 0.2) is 36.5 Å². The number of ether oxygens (including phenoxy) is 1. The molecule has 0 aliphatic heterocycles. The number of pyridine rings is 1. The third kappa shape index (κ3) is 3.36. The van der Waals surface area contributed by atoms with E-state index in [4.69, 9.17) is 4.74 Å². The number of carbonyl (C=O) groups is 1. The normalized spacial score (nSPS) is 12.6. The number of hydrogen-bond donors (Lipinski definition) is 2. The summed E-state index contributed by atoms with van der Waals surface area (Å²) in [7, 11) is 1.63. The van der Waals surface area contributed by atoms with Crippen molar-refractivity contribution in [1.82, 2.24) is 10.3 Å². The van der Waals surface area contributed by atoms with Crippen LogP contribution >= 0.6 is 0 Å². The van der Waals surface area contributed by atoms with Crippen molar-refractivity contribution in [3.63, 3.8) is 0 Å². The van der Waals surface area contributed by atoms with Crippen LogP contribution in [-0.4, -0.2) is 18.1 Å². The van der Waals surface area contributed by atoms with Gasteiger partial charge in [-0.3, -0.25) is 4.98 Å². The minimum Gasteiger partial charge on any atom is -0.497 e. The van der Waals surface area contributed by atoms with Crippen molar-refractivity contribution >= 4 is 11.7 Å². The Bertz CT molecular complexity index is 668. The van der Waals surface area contributed by atoms with Crippen LogP contribution in [0, 0.1) is 0 Å². The number of amides is 2. The van der Waals surface area contributed by atoms with Crippen molar-refractivity contribution in [3.05, 3.63) is 53.3 Å². The molecule has 0 radical (unpaired) electrons. The minimum atomic E-state index is -0.226. The molecule has 1 aliphatic carbocycles. The molecule has 0 bridgehead atoms. The number of methoxy groups -OCH3 is 1. The van der Waals surface area contributed by atoms with Gasteiger partial charge in [-0.1, -0.05) is 12.1 Å². The van der Waals surface area contributed by atoms with Crippen LogP contribution in [0.5, 0.6) is 5.75 Å². The van der Waals surface area contributed by atoms with E-state index in [0.717, 1.165) is 42.0 Å². The summed E-state index contributed by atoms with van der Waals surface area (Å²) in [4.78, 5) is 16.3. The number of rotatable bonds is 4. The van der Waals surface area contributed by atoms with Crippen LogP contribution in [0.1, 0.15) is 23.2 Å². The van der Waals surface area contributed by atoms with Gasteiger partial charge in [-0.2, -0.15) is 0 Å². The standard InChI is InChI=1S/C17H19N3O2/c1-22-15-7-5-12(6-8-15)10-19-17(21)20-14-9-13-3-2-4-16(13)18-11-14/h5-9,11H,2-4,10H2,1H3,(H2,19,20,21). The van der Waals surface area contributed by atoms with E-state index in [1.165, 1.54) is 5.56 Å². The Morgan fingerprint density at radius 1 is 1.27 bits per heavy atom. The number of hydrogen-bond acceptors (Lipinski definition) is 3. The fourth-order valence-electron chi connectivity index (χ4n) is 2.60. The average molecular weight is 297 g/mol. The van der Waals surface area contributed by atoms with Crippen molar-refractivity contribution < 1.29 is 9.53 Å². The number of fused-ring (bicyclic) bond motifs is 1. The van der Waals surface area contributed by atoms with E-state index in [9.17, 15) is 4.79 Å². The third-order valence-electron chi connectivity index (χ3n) is 3.79. The quantitative estimate of drug-likeness (QED) is 0.912. The second-order valence-corrected chi connectivity index (χ2v) is 5.34. The molecular weight excluding hydrogens is 278 g/mol. The zero-order valence-electron chi connectivity index (χ0n) is 12.6. The number of carbonyl (C=O) groups excluding carboxylic acids is 1. The number of benzene rings is 1. The van der Waals surface area contributed by atoms with Crippen molar-refractivity contribution in [1.29, 1.82) is 0 Å². The smallest absolute Gasteiger partial charge is 0.319 e. The highest BCUT2D eigenvalue weighted by Gasteiger charge is 2.13. The summed E-state index contributed by atoms with van der Waals surface area (Å²) in [5.74, 6) is 0.803. The maximum Gasteiger partial charge on any atom is 0.319 e. The predicted octanol–water partition coefficient (Wildman–Crippen LogP) is 2.90. The largest absolute Gasteiger partial charge is 0.497 e. The molecule has 0 unspecified atom stereocenters. The van der Waals surface area contributed by atoms with Crippen molar-refractivity contribution in [2.24, 2.45) is 0 Å². The van der Waals surface area contributed by atoms with Crippen LogP contribution < -0.4 is 15.4 Å². The third-order valence-corrected chi connectivity index (χ3v) is 3.79. The van der Waals surface area contributed by atoms with Gasteiger partial charge in [-0.05, 0) is 48.6 Å². The number of aromatic nitrogens is 1. The van der Waals surface area contributed by atoms with E-state index in [0.29, 0.717) is 6.54 Å². The van der Waals surface area contributed by atoms with Crippen LogP contribution in [0.25, 0.3) is 0 Å². The average Bonchev–Trinajstić information content (AvgIpc) is 3.01. The van der Waals surface area contributed by atoms with Crippen molar-refractivity contribution in [2.45, 2.75) is 25.8 Å².